The van der Waals surface area contributed by atoms with Gasteiger partial charge in [-0.3, -0.25) is 4.79 Å². The van der Waals surface area contributed by atoms with Gasteiger partial charge in [-0.25, -0.2) is 4.79 Å². The quantitative estimate of drug-likeness (QED) is 0.691. The number of rotatable bonds is 5. The first-order valence-corrected chi connectivity index (χ1v) is 5.80. The summed E-state index contributed by atoms with van der Waals surface area (Å²) < 4.78 is 0.984. The molecule has 0 saturated heterocycles. The molecule has 1 aromatic carbocycles. The van der Waals surface area contributed by atoms with E-state index in [1.165, 1.54) is 0 Å². The van der Waals surface area contributed by atoms with Crippen LogP contribution >= 0.6 is 15.9 Å². The zero-order valence-corrected chi connectivity index (χ0v) is 10.6. The van der Waals surface area contributed by atoms with Crippen molar-refractivity contribution in [3.05, 3.63) is 34.3 Å². The standard InChI is InChI=1S/C11H13BrN2O3/c12-8-3-1-7(2-4-8)5-6-14-10(15)9(13)11(16)17/h1-4,9H,5-6,13H2,(H,14,15)(H,16,17). The maximum absolute atomic E-state index is 11.2. The second-order valence-corrected chi connectivity index (χ2v) is 4.40. The zero-order chi connectivity index (χ0) is 12.8. The summed E-state index contributed by atoms with van der Waals surface area (Å²) in [5, 5.41) is 11.0. The van der Waals surface area contributed by atoms with Gasteiger partial charge in [-0.2, -0.15) is 0 Å². The van der Waals surface area contributed by atoms with Crippen LogP contribution in [0.3, 0.4) is 0 Å². The van der Waals surface area contributed by atoms with Gasteiger partial charge in [0, 0.05) is 11.0 Å². The Bertz CT molecular complexity index is 406. The normalized spacial score (nSPS) is 11.9. The lowest BCUT2D eigenvalue weighted by Gasteiger charge is -2.08. The Morgan fingerprint density at radius 3 is 2.47 bits per heavy atom. The molecule has 0 bridgehead atoms. The van der Waals surface area contributed by atoms with Crippen LogP contribution in [-0.2, 0) is 16.0 Å². The van der Waals surface area contributed by atoms with Crippen LogP contribution in [0.1, 0.15) is 5.56 Å². The van der Waals surface area contributed by atoms with Gasteiger partial charge in [0.1, 0.15) is 0 Å². The van der Waals surface area contributed by atoms with Gasteiger partial charge >= 0.3 is 5.97 Å². The van der Waals surface area contributed by atoms with Gasteiger partial charge in [-0.05, 0) is 24.1 Å². The fourth-order valence-electron chi connectivity index (χ4n) is 1.20. The summed E-state index contributed by atoms with van der Waals surface area (Å²) in [4.78, 5) is 21.6. The van der Waals surface area contributed by atoms with E-state index in [1.807, 2.05) is 24.3 Å². The summed E-state index contributed by atoms with van der Waals surface area (Å²) >= 11 is 3.32. The van der Waals surface area contributed by atoms with E-state index in [2.05, 4.69) is 21.2 Å². The summed E-state index contributed by atoms with van der Waals surface area (Å²) in [7, 11) is 0. The van der Waals surface area contributed by atoms with Crippen LogP contribution in [0, 0.1) is 0 Å². The number of halogens is 1. The fraction of sp³-hybridized carbons (Fsp3) is 0.273. The number of carbonyl (C=O) groups is 2. The van der Waals surface area contributed by atoms with E-state index in [0.29, 0.717) is 13.0 Å². The maximum atomic E-state index is 11.2. The van der Waals surface area contributed by atoms with Crippen molar-refractivity contribution in [3.8, 4) is 0 Å². The highest BCUT2D eigenvalue weighted by molar-refractivity contribution is 9.10. The summed E-state index contributed by atoms with van der Waals surface area (Å²) in [6.45, 7) is 0.363. The van der Waals surface area contributed by atoms with Crippen molar-refractivity contribution in [2.24, 2.45) is 5.73 Å². The van der Waals surface area contributed by atoms with Crippen LogP contribution in [0.2, 0.25) is 0 Å². The molecule has 1 aromatic rings. The first kappa shape index (κ1) is 13.7. The molecule has 0 heterocycles. The number of benzene rings is 1. The highest BCUT2D eigenvalue weighted by Crippen LogP contribution is 2.10. The van der Waals surface area contributed by atoms with Crippen LogP contribution < -0.4 is 11.1 Å². The second kappa shape index (κ2) is 6.36. The van der Waals surface area contributed by atoms with Crippen LogP contribution in [0.15, 0.2) is 28.7 Å². The average molecular weight is 301 g/mol. The number of carboxylic acid groups (broad SMARTS) is 1. The Morgan fingerprint density at radius 2 is 1.94 bits per heavy atom. The number of carboxylic acids is 1. The molecule has 0 saturated carbocycles. The molecule has 1 rings (SSSR count). The molecule has 0 aliphatic rings. The molecular formula is C11H13BrN2O3. The Labute approximate surface area is 107 Å². The number of nitrogens with two attached hydrogens (primary N) is 1. The maximum Gasteiger partial charge on any atom is 0.330 e. The van der Waals surface area contributed by atoms with Crippen molar-refractivity contribution in [2.75, 3.05) is 6.54 Å². The minimum Gasteiger partial charge on any atom is -0.480 e. The molecule has 0 aromatic heterocycles. The lowest BCUT2D eigenvalue weighted by atomic mass is 10.1. The molecule has 0 aliphatic carbocycles. The van der Waals surface area contributed by atoms with Gasteiger partial charge in [0.2, 0.25) is 5.91 Å². The highest BCUT2D eigenvalue weighted by Gasteiger charge is 2.20. The van der Waals surface area contributed by atoms with E-state index in [9.17, 15) is 9.59 Å². The first-order valence-electron chi connectivity index (χ1n) is 5.01. The van der Waals surface area contributed by atoms with Gasteiger partial charge in [0.15, 0.2) is 6.04 Å². The van der Waals surface area contributed by atoms with Crippen LogP contribution in [-0.4, -0.2) is 29.6 Å². The van der Waals surface area contributed by atoms with E-state index >= 15 is 0 Å². The Kier molecular flexibility index (Phi) is 5.11. The summed E-state index contributed by atoms with van der Waals surface area (Å²) in [6, 6.07) is 6.15. The third-order valence-corrected chi connectivity index (χ3v) is 2.70. The number of aliphatic carboxylic acids is 1. The van der Waals surface area contributed by atoms with Crippen molar-refractivity contribution in [1.82, 2.24) is 5.32 Å². The SMILES string of the molecule is NC(C(=O)O)C(=O)NCCc1ccc(Br)cc1. The monoisotopic (exact) mass is 300 g/mol. The van der Waals surface area contributed by atoms with Gasteiger partial charge in [-0.1, -0.05) is 28.1 Å². The molecule has 4 N–H and O–H groups in total. The van der Waals surface area contributed by atoms with E-state index in [4.69, 9.17) is 10.8 Å². The molecule has 6 heteroatoms. The molecule has 5 nitrogen and oxygen atoms in total. The third kappa shape index (κ3) is 4.54. The predicted octanol–water partition coefficient (Wildman–Crippen LogP) is 0.520. The molecule has 0 aliphatic heterocycles. The second-order valence-electron chi connectivity index (χ2n) is 3.48. The Morgan fingerprint density at radius 1 is 1.35 bits per heavy atom. The van der Waals surface area contributed by atoms with Crippen molar-refractivity contribution >= 4 is 27.8 Å². The minimum absolute atomic E-state index is 0.363. The van der Waals surface area contributed by atoms with Gasteiger partial charge in [-0.15, -0.1) is 0 Å². The molecule has 1 amide bonds. The molecular weight excluding hydrogens is 288 g/mol. The molecule has 0 spiro atoms. The Balaban J connectivity index is 2.35. The Hall–Kier alpha value is -1.40. The number of hydrogen-bond donors (Lipinski definition) is 3. The van der Waals surface area contributed by atoms with Crippen LogP contribution in [0.4, 0.5) is 0 Å². The van der Waals surface area contributed by atoms with Crippen molar-refractivity contribution in [1.29, 1.82) is 0 Å². The van der Waals surface area contributed by atoms with E-state index < -0.39 is 17.9 Å². The predicted molar refractivity (Wildman–Crippen MR) is 66.5 cm³/mol. The van der Waals surface area contributed by atoms with Crippen molar-refractivity contribution in [2.45, 2.75) is 12.5 Å². The molecule has 0 fully saturated rings. The highest BCUT2D eigenvalue weighted by atomic mass is 79.9. The zero-order valence-electron chi connectivity index (χ0n) is 9.02. The summed E-state index contributed by atoms with van der Waals surface area (Å²) in [6.07, 6.45) is 0.630. The van der Waals surface area contributed by atoms with E-state index in [0.717, 1.165) is 10.0 Å². The van der Waals surface area contributed by atoms with Crippen molar-refractivity contribution < 1.29 is 14.7 Å². The third-order valence-electron chi connectivity index (χ3n) is 2.17. The van der Waals surface area contributed by atoms with Gasteiger partial charge < -0.3 is 16.2 Å². The van der Waals surface area contributed by atoms with E-state index in [-0.39, 0.29) is 0 Å². The first-order chi connectivity index (χ1) is 8.00. The van der Waals surface area contributed by atoms with Gasteiger partial charge in [0.05, 0.1) is 0 Å². The summed E-state index contributed by atoms with van der Waals surface area (Å²) in [5.41, 5.74) is 6.19. The topological polar surface area (TPSA) is 92.4 Å². The average Bonchev–Trinajstić information content (AvgIpc) is 2.30. The number of nitrogens with one attached hydrogen (secondary N) is 1. The molecule has 1 unspecified atom stereocenters. The molecule has 0 radical (unpaired) electrons. The van der Waals surface area contributed by atoms with Crippen LogP contribution in [0.25, 0.3) is 0 Å². The van der Waals surface area contributed by atoms with Gasteiger partial charge in [0.25, 0.3) is 0 Å². The minimum atomic E-state index is -1.50. The largest absolute Gasteiger partial charge is 0.480 e. The fourth-order valence-corrected chi connectivity index (χ4v) is 1.47. The van der Waals surface area contributed by atoms with E-state index in [1.54, 1.807) is 0 Å². The smallest absolute Gasteiger partial charge is 0.330 e. The molecule has 17 heavy (non-hydrogen) atoms. The summed E-state index contributed by atoms with van der Waals surface area (Å²) in [5.74, 6) is -2.00. The molecule has 1 atom stereocenters. The van der Waals surface area contributed by atoms with Crippen LogP contribution in [0.5, 0.6) is 0 Å². The number of carbonyl (C=O) groups excluding carboxylic acids is 1. The lowest BCUT2D eigenvalue weighted by Crippen LogP contribution is -2.46. The lowest BCUT2D eigenvalue weighted by molar-refractivity contribution is -0.142. The number of hydrogen-bond acceptors (Lipinski definition) is 3. The van der Waals surface area contributed by atoms with Crippen molar-refractivity contribution in [3.63, 3.8) is 0 Å². The molecule has 92 valence electrons. The number of amides is 1.